The van der Waals surface area contributed by atoms with E-state index in [0.29, 0.717) is 11.6 Å². The quantitative estimate of drug-likeness (QED) is 0.0587. The average Bonchev–Trinajstić information content (AvgIpc) is 3.37. The molecule has 0 spiro atoms. The van der Waals surface area contributed by atoms with Crippen LogP contribution in [0.25, 0.3) is 22.3 Å². The number of H-pyrrole nitrogens is 4. The van der Waals surface area contributed by atoms with E-state index in [1.54, 1.807) is 12.7 Å². The maximum atomic E-state index is 8.47. The molecule has 0 aromatic carbocycles. The topological polar surface area (TPSA) is 469 Å². The van der Waals surface area contributed by atoms with E-state index in [9.17, 15) is 0 Å². The summed E-state index contributed by atoms with van der Waals surface area (Å²) in [4.78, 5) is 60.8. The van der Waals surface area contributed by atoms with Gasteiger partial charge < -0.3 is 32.4 Å². The minimum Gasteiger partial charge on any atom is -0.412 e. The molecule has 0 saturated heterocycles. The van der Waals surface area contributed by atoms with E-state index in [1.807, 2.05) is 0 Å². The van der Waals surface area contributed by atoms with Crippen molar-refractivity contribution in [2.75, 3.05) is 11.5 Å². The minimum atomic E-state index is -1.25. The predicted octanol–water partition coefficient (Wildman–Crippen LogP) is -4.77. The Labute approximate surface area is 256 Å². The summed E-state index contributed by atoms with van der Waals surface area (Å²) in [5.74, 6) is 0.928. The van der Waals surface area contributed by atoms with Crippen molar-refractivity contribution >= 4 is 34.0 Å². The van der Waals surface area contributed by atoms with Gasteiger partial charge in [-0.25, -0.2) is 51.6 Å². The second-order valence-electron chi connectivity index (χ2n) is 4.84. The van der Waals surface area contributed by atoms with E-state index in [2.05, 4.69) is 39.9 Å². The molecule has 40 heavy (non-hydrogen) atoms. The first-order valence-electron chi connectivity index (χ1n) is 7.99. The van der Waals surface area contributed by atoms with Gasteiger partial charge in [-0.2, -0.15) is 0 Å². The molecule has 216 valence electrons. The molecule has 4 aromatic rings. The SMILES string of the molecule is Nc1nc[nH+]c2nc[nH]c12.Nc1nc[nH+]c2nc[nH]c12.O.O.O=[N+](O)O.O=[N+](O)O.O=[N+](O)O.O=[N+](O)O.[Cd].[Cd]. The molecule has 0 radical (unpaired) electrons. The fourth-order valence-electron chi connectivity index (χ4n) is 1.65. The number of hydrogen-bond donors (Lipinski definition) is 12. The molecule has 0 atom stereocenters. The summed E-state index contributed by atoms with van der Waals surface area (Å²) < 4.78 is 0. The Balaban J connectivity index is -0.0000000907. The summed E-state index contributed by atoms with van der Waals surface area (Å²) in [7, 11) is 0. The second kappa shape index (κ2) is 27.3. The number of nitrogens with two attached hydrogens (primary N) is 2. The summed E-state index contributed by atoms with van der Waals surface area (Å²) in [6, 6.07) is 0. The van der Waals surface area contributed by atoms with Gasteiger partial charge in [0.1, 0.15) is 19.6 Å². The summed E-state index contributed by atoms with van der Waals surface area (Å²) in [5, 5.41) is 50.1. The van der Waals surface area contributed by atoms with Gasteiger partial charge in [0.05, 0.1) is 0 Å². The van der Waals surface area contributed by atoms with Crippen LogP contribution in [0.15, 0.2) is 25.3 Å². The number of fused-ring (bicyclic) bond motifs is 2. The Morgan fingerprint density at radius 3 is 1.00 bits per heavy atom. The van der Waals surface area contributed by atoms with Crippen LogP contribution in [0.3, 0.4) is 0 Å². The Bertz CT molecular complexity index is 1120. The molecule has 20 N–H and O–H groups in total. The number of nitrogens with one attached hydrogen (secondary N) is 4. The molecule has 0 aliphatic carbocycles. The van der Waals surface area contributed by atoms with Crippen LogP contribution in [0, 0.1) is 19.6 Å². The molecule has 0 aliphatic rings. The van der Waals surface area contributed by atoms with Gasteiger partial charge in [0.25, 0.3) is 11.3 Å². The van der Waals surface area contributed by atoms with Crippen molar-refractivity contribution in [2.45, 2.75) is 0 Å². The first kappa shape index (κ1) is 48.3. The zero-order valence-corrected chi connectivity index (χ0v) is 27.7. The molecule has 0 bridgehead atoms. The zero-order valence-electron chi connectivity index (χ0n) is 19.7. The van der Waals surface area contributed by atoms with Crippen LogP contribution in [0.2, 0.25) is 0 Å². The van der Waals surface area contributed by atoms with Gasteiger partial charge in [0.2, 0.25) is 24.3 Å². The predicted molar refractivity (Wildman–Crippen MR) is 106 cm³/mol. The standard InChI is InChI=1S/2C5H5N5.2Cd.4H2NO3.2H2O/c2*6-4-3-5(9-1-7-3)10-2-8-4;;;4*2-1(3)4;;/h2*1-2H,(H3,6,7,8,9,10);;;4*(H2,2,3,4);2*1H2/q;;;;4*+1;;/p+2. The fraction of sp³-hybridized carbons (Fsp3) is 0. The summed E-state index contributed by atoms with van der Waals surface area (Å²) in [6.45, 7) is 0. The average molecular weight is 789 g/mol. The van der Waals surface area contributed by atoms with Crippen LogP contribution in [-0.2, 0) is 54.6 Å². The molecule has 0 aliphatic heterocycles. The van der Waals surface area contributed by atoms with Crippen molar-refractivity contribution in [2.24, 2.45) is 0 Å². The monoisotopic (exact) mass is 792 g/mol. The number of nitrogens with zero attached hydrogens (tertiary/aromatic N) is 8. The minimum absolute atomic E-state index is 0. The molecule has 4 rings (SSSR count). The number of aromatic amines is 4. The molecule has 0 unspecified atom stereocenters. The number of aromatic nitrogens is 8. The van der Waals surface area contributed by atoms with Gasteiger partial charge in [-0.15, -0.1) is 0 Å². The van der Waals surface area contributed by atoms with E-state index >= 15 is 0 Å². The third-order valence-corrected chi connectivity index (χ3v) is 2.60. The van der Waals surface area contributed by atoms with Gasteiger partial charge in [-0.3, -0.25) is 0 Å². The molecule has 4 aromatic heterocycles. The molecular weight excluding hydrogens is 765 g/mol. The molecule has 4 heterocycles. The number of rotatable bonds is 0. The van der Waals surface area contributed by atoms with Crippen molar-refractivity contribution in [3.8, 4) is 0 Å². The van der Waals surface area contributed by atoms with Crippen molar-refractivity contribution in [3.63, 3.8) is 0 Å². The van der Waals surface area contributed by atoms with Gasteiger partial charge in [-0.1, -0.05) is 19.9 Å². The Morgan fingerprint density at radius 2 is 0.800 bits per heavy atom. The van der Waals surface area contributed by atoms with Gasteiger partial charge in [0.15, 0.2) is 23.7 Å². The molecular formula is C10H24Cd2N14O14+6. The van der Waals surface area contributed by atoms with Gasteiger partial charge >= 0.3 is 20.3 Å². The Kier molecular flexibility index (Phi) is 33.0. The van der Waals surface area contributed by atoms with Crippen molar-refractivity contribution in [3.05, 3.63) is 44.9 Å². The van der Waals surface area contributed by atoms with Crippen molar-refractivity contribution in [1.29, 1.82) is 0 Å². The van der Waals surface area contributed by atoms with E-state index in [1.165, 1.54) is 12.7 Å². The summed E-state index contributed by atoms with van der Waals surface area (Å²) >= 11 is 0. The Morgan fingerprint density at radius 1 is 0.575 bits per heavy atom. The van der Waals surface area contributed by atoms with Gasteiger partial charge in [0, 0.05) is 54.6 Å². The van der Waals surface area contributed by atoms with Crippen LogP contribution in [0.5, 0.6) is 0 Å². The van der Waals surface area contributed by atoms with Crippen LogP contribution in [0.4, 0.5) is 11.6 Å². The normalized spacial score (nSPS) is 7.60. The van der Waals surface area contributed by atoms with Crippen LogP contribution >= 0.6 is 0 Å². The number of hydrogen-bond acceptors (Lipinski definition) is 10. The molecule has 0 saturated carbocycles. The zero-order chi connectivity index (χ0) is 28.3. The molecule has 30 heteroatoms. The second-order valence-corrected chi connectivity index (χ2v) is 4.84. The van der Waals surface area contributed by atoms with Crippen LogP contribution in [-0.4, -0.2) is 103 Å². The maximum Gasteiger partial charge on any atom is 0.472 e. The summed E-state index contributed by atoms with van der Waals surface area (Å²) in [6.07, 6.45) is 6.16. The largest absolute Gasteiger partial charge is 0.472 e. The number of anilines is 2. The van der Waals surface area contributed by atoms with Crippen LogP contribution in [0.1, 0.15) is 0 Å². The van der Waals surface area contributed by atoms with E-state index in [4.69, 9.17) is 72.8 Å². The van der Waals surface area contributed by atoms with E-state index in [0.717, 1.165) is 22.3 Å². The Hall–Kier alpha value is -4.74. The van der Waals surface area contributed by atoms with Crippen molar-refractivity contribution in [1.82, 2.24) is 29.9 Å². The fourth-order valence-corrected chi connectivity index (χ4v) is 1.65. The number of nitrogen functional groups attached to an aromatic ring is 2. The molecule has 0 fully saturated rings. The van der Waals surface area contributed by atoms with Crippen molar-refractivity contribution < 1.29 is 138 Å². The van der Waals surface area contributed by atoms with E-state index in [-0.39, 0.29) is 65.5 Å². The smallest absolute Gasteiger partial charge is 0.412 e. The molecule has 28 nitrogen and oxygen atoms in total. The first-order chi connectivity index (χ1) is 16.7. The maximum absolute atomic E-state index is 8.47. The van der Waals surface area contributed by atoms with Gasteiger partial charge in [-0.05, 0) is 0 Å². The van der Waals surface area contributed by atoms with Crippen LogP contribution < -0.4 is 21.4 Å². The number of imidazole rings is 2. The third kappa shape index (κ3) is 27.8. The summed E-state index contributed by atoms with van der Waals surface area (Å²) in [5.41, 5.74) is 14.0. The van der Waals surface area contributed by atoms with E-state index < -0.39 is 20.3 Å². The third-order valence-electron chi connectivity index (χ3n) is 2.60. The molecule has 0 amide bonds. The first-order valence-corrected chi connectivity index (χ1v) is 7.99.